The van der Waals surface area contributed by atoms with Gasteiger partial charge in [-0.25, -0.2) is 4.68 Å². The standard InChI is InChI=1S/C20H19N3OS/c1-14-4-9-17(10-5-14)23-15(2)20(21-22-23)19(24)13-8-16-6-11-18(25-3)12-7-16/h4-13H,1-3H3. The lowest BCUT2D eigenvalue weighted by Crippen LogP contribution is -2.01. The van der Waals surface area contributed by atoms with Crippen LogP contribution in [0.3, 0.4) is 0 Å². The Labute approximate surface area is 151 Å². The summed E-state index contributed by atoms with van der Waals surface area (Å²) in [6, 6.07) is 16.0. The number of rotatable bonds is 5. The Hall–Kier alpha value is -2.66. The van der Waals surface area contributed by atoms with E-state index in [0.29, 0.717) is 5.69 Å². The highest BCUT2D eigenvalue weighted by atomic mass is 32.2. The molecule has 0 bridgehead atoms. The maximum atomic E-state index is 12.5. The molecule has 0 N–H and O–H groups in total. The SMILES string of the molecule is CSc1ccc(C=CC(=O)c2nnn(-c3ccc(C)cc3)c2C)cc1. The lowest BCUT2D eigenvalue weighted by molar-refractivity contribution is 0.104. The van der Waals surface area contributed by atoms with Crippen molar-refractivity contribution >= 4 is 23.6 Å². The number of carbonyl (C=O) groups excluding carboxylic acids is 1. The average Bonchev–Trinajstić information content (AvgIpc) is 3.02. The lowest BCUT2D eigenvalue weighted by Gasteiger charge is -2.03. The van der Waals surface area contributed by atoms with Crippen LogP contribution in [0.15, 0.2) is 59.5 Å². The van der Waals surface area contributed by atoms with Crippen molar-refractivity contribution in [3.05, 3.63) is 77.1 Å². The summed E-state index contributed by atoms with van der Waals surface area (Å²) < 4.78 is 1.69. The molecule has 0 unspecified atom stereocenters. The fourth-order valence-electron chi connectivity index (χ4n) is 2.45. The van der Waals surface area contributed by atoms with Gasteiger partial charge < -0.3 is 0 Å². The highest BCUT2D eigenvalue weighted by Gasteiger charge is 2.15. The number of ketones is 1. The molecule has 0 fully saturated rings. The van der Waals surface area contributed by atoms with Gasteiger partial charge in [0.1, 0.15) is 0 Å². The van der Waals surface area contributed by atoms with Gasteiger partial charge in [0.2, 0.25) is 5.78 Å². The summed E-state index contributed by atoms with van der Waals surface area (Å²) in [5.74, 6) is -0.148. The van der Waals surface area contributed by atoms with Crippen molar-refractivity contribution in [3.8, 4) is 5.69 Å². The number of aromatic nitrogens is 3. The van der Waals surface area contributed by atoms with Crippen LogP contribution in [0, 0.1) is 13.8 Å². The molecule has 0 atom stereocenters. The van der Waals surface area contributed by atoms with E-state index >= 15 is 0 Å². The predicted molar refractivity (Wildman–Crippen MR) is 102 cm³/mol. The first-order chi connectivity index (χ1) is 12.1. The van der Waals surface area contributed by atoms with Crippen molar-refractivity contribution < 1.29 is 4.79 Å². The largest absolute Gasteiger partial charge is 0.287 e. The molecule has 2 aromatic carbocycles. The van der Waals surface area contributed by atoms with Crippen LogP contribution >= 0.6 is 11.8 Å². The molecule has 3 rings (SSSR count). The van der Waals surface area contributed by atoms with Crippen LogP contribution in [0.2, 0.25) is 0 Å². The molecular weight excluding hydrogens is 330 g/mol. The molecule has 4 nitrogen and oxygen atoms in total. The molecule has 0 amide bonds. The van der Waals surface area contributed by atoms with Crippen molar-refractivity contribution in [2.75, 3.05) is 6.26 Å². The van der Waals surface area contributed by atoms with Crippen LogP contribution in [-0.2, 0) is 0 Å². The van der Waals surface area contributed by atoms with Gasteiger partial charge in [0.15, 0.2) is 5.69 Å². The number of carbonyl (C=O) groups is 1. The Kier molecular flexibility index (Phi) is 5.14. The van der Waals surface area contributed by atoms with Crippen molar-refractivity contribution in [2.45, 2.75) is 18.7 Å². The summed E-state index contributed by atoms with van der Waals surface area (Å²) in [6.45, 7) is 3.89. The molecule has 3 aromatic rings. The number of hydrogen-bond acceptors (Lipinski definition) is 4. The Balaban J connectivity index is 1.80. The third kappa shape index (κ3) is 3.88. The minimum absolute atomic E-state index is 0.148. The number of thioether (sulfide) groups is 1. The number of allylic oxidation sites excluding steroid dienone is 1. The van der Waals surface area contributed by atoms with Crippen LogP contribution in [-0.4, -0.2) is 27.0 Å². The minimum Gasteiger partial charge on any atom is -0.287 e. The third-order valence-corrected chi connectivity index (χ3v) is 4.69. The summed E-state index contributed by atoms with van der Waals surface area (Å²) in [5.41, 5.74) is 4.16. The van der Waals surface area contributed by atoms with Gasteiger partial charge in [-0.3, -0.25) is 4.79 Å². The fourth-order valence-corrected chi connectivity index (χ4v) is 2.86. The first-order valence-electron chi connectivity index (χ1n) is 7.94. The second-order valence-electron chi connectivity index (χ2n) is 5.74. The first kappa shape index (κ1) is 17.2. The summed E-state index contributed by atoms with van der Waals surface area (Å²) in [6.07, 6.45) is 5.38. The van der Waals surface area contributed by atoms with Crippen LogP contribution < -0.4 is 0 Å². The Morgan fingerprint density at radius 3 is 2.36 bits per heavy atom. The van der Waals surface area contributed by atoms with E-state index in [4.69, 9.17) is 0 Å². The molecule has 0 aliphatic carbocycles. The quantitative estimate of drug-likeness (QED) is 0.386. The van der Waals surface area contributed by atoms with E-state index in [2.05, 4.69) is 10.3 Å². The summed E-state index contributed by atoms with van der Waals surface area (Å²) in [5, 5.41) is 8.19. The van der Waals surface area contributed by atoms with E-state index in [-0.39, 0.29) is 5.78 Å². The number of nitrogens with zero attached hydrogens (tertiary/aromatic N) is 3. The van der Waals surface area contributed by atoms with Crippen molar-refractivity contribution in [1.82, 2.24) is 15.0 Å². The average molecular weight is 349 g/mol. The molecule has 0 aliphatic heterocycles. The molecule has 25 heavy (non-hydrogen) atoms. The highest BCUT2D eigenvalue weighted by Crippen LogP contribution is 2.17. The normalized spacial score (nSPS) is 11.2. The highest BCUT2D eigenvalue weighted by molar-refractivity contribution is 7.98. The zero-order valence-electron chi connectivity index (χ0n) is 14.4. The zero-order chi connectivity index (χ0) is 17.8. The number of benzene rings is 2. The molecule has 5 heteroatoms. The summed E-state index contributed by atoms with van der Waals surface area (Å²) in [7, 11) is 0. The Morgan fingerprint density at radius 2 is 1.72 bits per heavy atom. The molecular formula is C20H19N3OS. The maximum absolute atomic E-state index is 12.5. The van der Waals surface area contributed by atoms with Gasteiger partial charge >= 0.3 is 0 Å². The summed E-state index contributed by atoms with van der Waals surface area (Å²) >= 11 is 1.69. The maximum Gasteiger partial charge on any atom is 0.208 e. The van der Waals surface area contributed by atoms with E-state index in [9.17, 15) is 4.79 Å². The van der Waals surface area contributed by atoms with Crippen molar-refractivity contribution in [1.29, 1.82) is 0 Å². The van der Waals surface area contributed by atoms with Crippen LogP contribution in [0.5, 0.6) is 0 Å². The van der Waals surface area contributed by atoms with Gasteiger partial charge in [-0.05, 0) is 56.0 Å². The predicted octanol–water partition coefficient (Wildman–Crippen LogP) is 4.50. The molecule has 0 radical (unpaired) electrons. The first-order valence-corrected chi connectivity index (χ1v) is 9.17. The second kappa shape index (κ2) is 7.49. The molecule has 1 heterocycles. The van der Waals surface area contributed by atoms with E-state index in [1.54, 1.807) is 28.6 Å². The molecule has 0 spiro atoms. The van der Waals surface area contributed by atoms with Gasteiger partial charge in [-0.15, -0.1) is 16.9 Å². The van der Waals surface area contributed by atoms with E-state index < -0.39 is 0 Å². The molecule has 0 saturated heterocycles. The monoisotopic (exact) mass is 349 g/mol. The second-order valence-corrected chi connectivity index (χ2v) is 6.62. The van der Waals surface area contributed by atoms with Gasteiger partial charge in [-0.1, -0.05) is 41.1 Å². The van der Waals surface area contributed by atoms with Crippen LogP contribution in [0.25, 0.3) is 11.8 Å². The van der Waals surface area contributed by atoms with E-state index in [1.807, 2.05) is 68.6 Å². The Morgan fingerprint density at radius 1 is 1.04 bits per heavy atom. The smallest absolute Gasteiger partial charge is 0.208 e. The van der Waals surface area contributed by atoms with Gasteiger partial charge in [0.05, 0.1) is 11.4 Å². The topological polar surface area (TPSA) is 47.8 Å². The van der Waals surface area contributed by atoms with Crippen LogP contribution in [0.4, 0.5) is 0 Å². The summed E-state index contributed by atoms with van der Waals surface area (Å²) in [4.78, 5) is 13.6. The van der Waals surface area contributed by atoms with Crippen LogP contribution in [0.1, 0.15) is 27.3 Å². The fraction of sp³-hybridized carbons (Fsp3) is 0.150. The zero-order valence-corrected chi connectivity index (χ0v) is 15.2. The molecule has 126 valence electrons. The van der Waals surface area contributed by atoms with Gasteiger partial charge in [0.25, 0.3) is 0 Å². The van der Waals surface area contributed by atoms with E-state index in [1.165, 1.54) is 10.5 Å². The van der Waals surface area contributed by atoms with Gasteiger partial charge in [0, 0.05) is 4.90 Å². The van der Waals surface area contributed by atoms with Crippen molar-refractivity contribution in [2.24, 2.45) is 0 Å². The number of hydrogen-bond donors (Lipinski definition) is 0. The molecule has 1 aromatic heterocycles. The molecule has 0 aliphatic rings. The number of aryl methyl sites for hydroxylation is 1. The van der Waals surface area contributed by atoms with Gasteiger partial charge in [-0.2, -0.15) is 0 Å². The Bertz CT molecular complexity index is 909. The van der Waals surface area contributed by atoms with E-state index in [0.717, 1.165) is 16.9 Å². The minimum atomic E-state index is -0.148. The lowest BCUT2D eigenvalue weighted by atomic mass is 10.1. The third-order valence-electron chi connectivity index (χ3n) is 3.95. The molecule has 0 saturated carbocycles. The van der Waals surface area contributed by atoms with Crippen molar-refractivity contribution in [3.63, 3.8) is 0 Å².